The number of rotatable bonds is 9. The second kappa shape index (κ2) is 15.2. The molecule has 0 spiro atoms. The summed E-state index contributed by atoms with van der Waals surface area (Å²) in [6.07, 6.45) is 6.80. The fourth-order valence-corrected chi connectivity index (χ4v) is 5.03. The summed E-state index contributed by atoms with van der Waals surface area (Å²) >= 11 is 1.70. The molecule has 1 aliphatic rings. The predicted octanol–water partition coefficient (Wildman–Crippen LogP) is 4.71. The predicted molar refractivity (Wildman–Crippen MR) is 160 cm³/mol. The number of aliphatic imine (C=N–C) groups is 1. The third kappa shape index (κ3) is 9.07. The average molecular weight is 552 g/mol. The van der Waals surface area contributed by atoms with Crippen molar-refractivity contribution in [1.29, 1.82) is 0 Å². The van der Waals surface area contributed by atoms with E-state index in [0.717, 1.165) is 24.9 Å². The Morgan fingerprint density at radius 3 is 2.49 bits per heavy atom. The van der Waals surface area contributed by atoms with Crippen molar-refractivity contribution in [2.24, 2.45) is 10.4 Å². The van der Waals surface area contributed by atoms with Gasteiger partial charge in [-0.25, -0.2) is 4.98 Å². The highest BCUT2D eigenvalue weighted by atomic mass is 32.1. The number of amides is 2. The number of likely N-dealkylation sites (tertiary alicyclic amines) is 1. The van der Waals surface area contributed by atoms with Gasteiger partial charge in [-0.1, -0.05) is 57.7 Å². The van der Waals surface area contributed by atoms with Crippen LogP contribution in [0, 0.1) is 12.3 Å². The Morgan fingerprint density at radius 1 is 1.28 bits per heavy atom. The molecule has 0 saturated carbocycles. The van der Waals surface area contributed by atoms with E-state index in [1.165, 1.54) is 22.2 Å². The van der Waals surface area contributed by atoms with Crippen molar-refractivity contribution in [2.45, 2.75) is 66.1 Å². The third-order valence-electron chi connectivity index (χ3n) is 6.26. The first kappa shape index (κ1) is 31.8. The summed E-state index contributed by atoms with van der Waals surface area (Å²) in [5.41, 5.74) is 5.26. The van der Waals surface area contributed by atoms with Gasteiger partial charge in [0.25, 0.3) is 5.91 Å². The Morgan fingerprint density at radius 2 is 1.97 bits per heavy atom. The molecule has 210 valence electrons. The Hall–Kier alpha value is -3.43. The molecule has 9 heteroatoms. The Labute approximate surface area is 236 Å². The topological polar surface area (TPSA) is 104 Å². The van der Waals surface area contributed by atoms with E-state index in [-0.39, 0.29) is 11.6 Å². The molecule has 0 bridgehead atoms. The maximum atomic E-state index is 12.9. The molecule has 3 rings (SSSR count). The first-order valence-electron chi connectivity index (χ1n) is 13.1. The summed E-state index contributed by atoms with van der Waals surface area (Å²) in [7, 11) is 1.96. The lowest BCUT2D eigenvalue weighted by molar-refractivity contribution is -0.140. The summed E-state index contributed by atoms with van der Waals surface area (Å²) in [6, 6.07) is 7.48. The largest absolute Gasteiger partial charge is 0.338 e. The molecular weight excluding hydrogens is 510 g/mol. The lowest BCUT2D eigenvalue weighted by Gasteiger charge is -2.34. The van der Waals surface area contributed by atoms with Gasteiger partial charge < -0.3 is 20.3 Å². The fourth-order valence-electron chi connectivity index (χ4n) is 4.22. The van der Waals surface area contributed by atoms with Gasteiger partial charge in [0.1, 0.15) is 18.0 Å². The number of aldehydes is 1. The van der Waals surface area contributed by atoms with Crippen molar-refractivity contribution in [3.8, 4) is 10.4 Å². The van der Waals surface area contributed by atoms with E-state index >= 15 is 0 Å². The van der Waals surface area contributed by atoms with Crippen LogP contribution in [0.1, 0.15) is 51.8 Å². The van der Waals surface area contributed by atoms with Gasteiger partial charge in [-0.3, -0.25) is 14.6 Å². The van der Waals surface area contributed by atoms with Gasteiger partial charge in [-0.2, -0.15) is 0 Å². The van der Waals surface area contributed by atoms with Crippen molar-refractivity contribution < 1.29 is 14.4 Å². The molecule has 0 radical (unpaired) electrons. The van der Waals surface area contributed by atoms with Crippen LogP contribution in [0.15, 0.2) is 59.7 Å². The molecule has 2 unspecified atom stereocenters. The van der Waals surface area contributed by atoms with Crippen LogP contribution in [0.25, 0.3) is 10.4 Å². The number of aryl methyl sites for hydroxylation is 1. The number of benzene rings is 1. The van der Waals surface area contributed by atoms with Crippen molar-refractivity contribution in [1.82, 2.24) is 20.5 Å². The van der Waals surface area contributed by atoms with Crippen LogP contribution in [0.5, 0.6) is 0 Å². The zero-order valence-corrected chi connectivity index (χ0v) is 24.7. The van der Waals surface area contributed by atoms with Gasteiger partial charge in [0.2, 0.25) is 5.91 Å². The maximum Gasteiger partial charge on any atom is 0.270 e. The summed E-state index contributed by atoms with van der Waals surface area (Å²) in [4.78, 5) is 47.6. The summed E-state index contributed by atoms with van der Waals surface area (Å²) < 4.78 is 0. The van der Waals surface area contributed by atoms with Crippen LogP contribution in [0.2, 0.25) is 0 Å². The molecule has 2 aromatic rings. The van der Waals surface area contributed by atoms with E-state index in [1.807, 2.05) is 40.3 Å². The second-order valence-electron chi connectivity index (χ2n) is 10.3. The van der Waals surface area contributed by atoms with Crippen molar-refractivity contribution in [3.05, 3.63) is 66.0 Å². The minimum absolute atomic E-state index is 0.183. The molecule has 2 heterocycles. The molecular formula is C30H41N5O3S. The normalized spacial score (nSPS) is 16.4. The standard InChI is InChI=1S/C18H27N3O3.C12H14N2S/c1-6-9-14(19-7-2)16(23)20-15(18(3,4)5)17(24)21-11-8-10-13(21)12-22;1-9-12(15-8-14-9)11-5-3-10(4-6-11)7-13-2/h6-7,9,12-13,15H,2,8,10-11H2,1,3-5H3,(H,20,23);3-6,8,13H,7H2,1-2H3/b9-6-,19-14?;. The Bertz CT molecular complexity index is 1180. The van der Waals surface area contributed by atoms with Crippen molar-refractivity contribution >= 4 is 35.1 Å². The molecule has 1 fully saturated rings. The van der Waals surface area contributed by atoms with E-state index < -0.39 is 23.4 Å². The SMILES string of the molecule is C=CN=C(/C=C\C)C(=O)NC(C(=O)N1CCCC1C=O)C(C)(C)C.CNCc1ccc(-c2scnc2C)cc1. The summed E-state index contributed by atoms with van der Waals surface area (Å²) in [5, 5.41) is 5.91. The second-order valence-corrected chi connectivity index (χ2v) is 11.2. The highest BCUT2D eigenvalue weighted by molar-refractivity contribution is 7.13. The zero-order valence-electron chi connectivity index (χ0n) is 23.9. The van der Waals surface area contributed by atoms with Gasteiger partial charge in [-0.05, 0) is 56.4 Å². The minimum Gasteiger partial charge on any atom is -0.338 e. The molecule has 1 aliphatic heterocycles. The first-order chi connectivity index (χ1) is 18.6. The summed E-state index contributed by atoms with van der Waals surface area (Å²) in [6.45, 7) is 14.4. The van der Waals surface area contributed by atoms with Gasteiger partial charge in [-0.15, -0.1) is 11.3 Å². The van der Waals surface area contributed by atoms with Gasteiger partial charge in [0.05, 0.1) is 22.1 Å². The number of nitrogens with one attached hydrogen (secondary N) is 2. The third-order valence-corrected chi connectivity index (χ3v) is 7.24. The molecule has 1 aromatic heterocycles. The van der Waals surface area contributed by atoms with Crippen molar-refractivity contribution in [3.63, 3.8) is 0 Å². The highest BCUT2D eigenvalue weighted by Crippen LogP contribution is 2.27. The quantitative estimate of drug-likeness (QED) is 0.347. The number of carbonyl (C=O) groups excluding carboxylic acids is 3. The fraction of sp³-hybridized carbons (Fsp3) is 0.433. The average Bonchev–Trinajstić information content (AvgIpc) is 3.56. The van der Waals surface area contributed by atoms with Crippen LogP contribution >= 0.6 is 11.3 Å². The lowest BCUT2D eigenvalue weighted by atomic mass is 9.85. The first-order valence-corrected chi connectivity index (χ1v) is 14.0. The number of allylic oxidation sites excluding steroid dienone is 1. The van der Waals surface area contributed by atoms with E-state index in [1.54, 1.807) is 35.3 Å². The molecule has 8 nitrogen and oxygen atoms in total. The molecule has 39 heavy (non-hydrogen) atoms. The highest BCUT2D eigenvalue weighted by Gasteiger charge is 2.39. The summed E-state index contributed by atoms with van der Waals surface area (Å²) in [5.74, 6) is -0.674. The number of hydrogen-bond acceptors (Lipinski definition) is 7. The van der Waals surface area contributed by atoms with Gasteiger partial charge in [0.15, 0.2) is 0 Å². The van der Waals surface area contributed by atoms with Crippen LogP contribution in [0.4, 0.5) is 0 Å². The van der Waals surface area contributed by atoms with Crippen molar-refractivity contribution in [2.75, 3.05) is 13.6 Å². The van der Waals surface area contributed by atoms with E-state index in [2.05, 4.69) is 51.5 Å². The van der Waals surface area contributed by atoms with E-state index in [0.29, 0.717) is 13.0 Å². The van der Waals surface area contributed by atoms with Gasteiger partial charge >= 0.3 is 0 Å². The molecule has 0 aliphatic carbocycles. The lowest BCUT2D eigenvalue weighted by Crippen LogP contribution is -2.56. The Kier molecular flexibility index (Phi) is 12.4. The number of hydrogen-bond donors (Lipinski definition) is 2. The number of thiazole rings is 1. The zero-order chi connectivity index (χ0) is 29.0. The number of nitrogens with zero attached hydrogens (tertiary/aromatic N) is 3. The minimum atomic E-state index is -0.745. The maximum absolute atomic E-state index is 12.9. The van der Waals surface area contributed by atoms with E-state index in [4.69, 9.17) is 0 Å². The monoisotopic (exact) mass is 551 g/mol. The van der Waals surface area contributed by atoms with Crippen LogP contribution in [-0.4, -0.2) is 59.4 Å². The smallest absolute Gasteiger partial charge is 0.270 e. The molecule has 1 aromatic carbocycles. The molecule has 2 N–H and O–H groups in total. The Balaban J connectivity index is 0.000000302. The van der Waals surface area contributed by atoms with Crippen LogP contribution < -0.4 is 10.6 Å². The number of aromatic nitrogens is 1. The molecule has 2 atom stereocenters. The number of carbonyl (C=O) groups is 3. The molecule has 2 amide bonds. The van der Waals surface area contributed by atoms with Crippen LogP contribution in [0.3, 0.4) is 0 Å². The van der Waals surface area contributed by atoms with E-state index in [9.17, 15) is 14.4 Å². The van der Waals surface area contributed by atoms with Crippen LogP contribution in [-0.2, 0) is 20.9 Å². The molecule has 1 saturated heterocycles. The van der Waals surface area contributed by atoms with Gasteiger partial charge in [0, 0.05) is 19.3 Å².